The lowest BCUT2D eigenvalue weighted by Gasteiger charge is -2.37. The minimum atomic E-state index is -0.337. The first-order valence-electron chi connectivity index (χ1n) is 9.28. The van der Waals surface area contributed by atoms with E-state index in [1.54, 1.807) is 29.2 Å². The summed E-state index contributed by atoms with van der Waals surface area (Å²) in [7, 11) is 0. The molecule has 3 amide bonds. The van der Waals surface area contributed by atoms with Gasteiger partial charge in [0.2, 0.25) is 5.91 Å². The zero-order valence-electron chi connectivity index (χ0n) is 15.6. The van der Waals surface area contributed by atoms with E-state index in [4.69, 9.17) is 11.6 Å². The molecule has 1 fully saturated rings. The molecule has 0 saturated carbocycles. The van der Waals surface area contributed by atoms with E-state index in [1.165, 1.54) is 0 Å². The van der Waals surface area contributed by atoms with E-state index < -0.39 is 0 Å². The van der Waals surface area contributed by atoms with Crippen molar-refractivity contribution in [1.82, 2.24) is 15.1 Å². The molecule has 0 aromatic heterocycles. The van der Waals surface area contributed by atoms with Crippen LogP contribution in [0.1, 0.15) is 38.7 Å². The Labute approximate surface area is 180 Å². The molecule has 1 N–H and O–H groups in total. The zero-order valence-corrected chi connectivity index (χ0v) is 17.2. The maximum absolute atomic E-state index is 12.9. The van der Waals surface area contributed by atoms with Crippen LogP contribution in [0, 0.1) is 0 Å². The van der Waals surface area contributed by atoms with Crippen molar-refractivity contribution in [2.24, 2.45) is 0 Å². The third-order valence-electron chi connectivity index (χ3n) is 5.26. The molecule has 0 radical (unpaired) electrons. The number of benzene rings is 2. The number of halogens is 2. The van der Waals surface area contributed by atoms with Crippen LogP contribution in [0.2, 0.25) is 5.02 Å². The Hall–Kier alpha value is -2.41. The Balaban J connectivity index is 0.00000240. The normalized spacial score (nSPS) is 18.4. The maximum Gasteiger partial charge on any atom is 0.261 e. The Bertz CT molecular complexity index is 915. The van der Waals surface area contributed by atoms with Gasteiger partial charge in [-0.15, -0.1) is 12.4 Å². The Morgan fingerprint density at radius 1 is 1.03 bits per heavy atom. The lowest BCUT2D eigenvalue weighted by Crippen LogP contribution is -2.49. The van der Waals surface area contributed by atoms with Gasteiger partial charge in [-0.3, -0.25) is 19.3 Å². The van der Waals surface area contributed by atoms with Crippen LogP contribution in [0.25, 0.3) is 0 Å². The first-order valence-corrected chi connectivity index (χ1v) is 9.65. The van der Waals surface area contributed by atoms with Crippen LogP contribution in [0.5, 0.6) is 0 Å². The SMILES string of the molecule is Cl.O=C1c2ccccc2C(=O)N1CCC(=O)N1CCNCC1c1ccccc1Cl. The molecule has 0 spiro atoms. The molecule has 29 heavy (non-hydrogen) atoms. The summed E-state index contributed by atoms with van der Waals surface area (Å²) in [5.41, 5.74) is 1.69. The fraction of sp³-hybridized carbons (Fsp3) is 0.286. The molecular formula is C21H21Cl2N3O3. The van der Waals surface area contributed by atoms with Crippen LogP contribution in [0.15, 0.2) is 48.5 Å². The molecule has 1 unspecified atom stereocenters. The highest BCUT2D eigenvalue weighted by molar-refractivity contribution is 6.31. The van der Waals surface area contributed by atoms with Gasteiger partial charge in [0.25, 0.3) is 11.8 Å². The van der Waals surface area contributed by atoms with Crippen molar-refractivity contribution < 1.29 is 14.4 Å². The summed E-state index contributed by atoms with van der Waals surface area (Å²) in [5, 5.41) is 3.92. The fourth-order valence-electron chi connectivity index (χ4n) is 3.82. The number of fused-ring (bicyclic) bond motifs is 1. The lowest BCUT2D eigenvalue weighted by atomic mass is 10.0. The molecule has 0 aliphatic carbocycles. The summed E-state index contributed by atoms with van der Waals surface area (Å²) in [6, 6.07) is 14.1. The molecule has 6 nitrogen and oxygen atoms in total. The number of piperazine rings is 1. The van der Waals surface area contributed by atoms with E-state index in [1.807, 2.05) is 24.3 Å². The van der Waals surface area contributed by atoms with Gasteiger partial charge in [-0.2, -0.15) is 0 Å². The van der Waals surface area contributed by atoms with E-state index in [0.717, 1.165) is 10.5 Å². The van der Waals surface area contributed by atoms with Crippen molar-refractivity contribution in [3.8, 4) is 0 Å². The van der Waals surface area contributed by atoms with Gasteiger partial charge in [0.1, 0.15) is 0 Å². The van der Waals surface area contributed by atoms with Crippen molar-refractivity contribution in [2.45, 2.75) is 12.5 Å². The van der Waals surface area contributed by atoms with E-state index in [-0.39, 0.29) is 49.1 Å². The molecular weight excluding hydrogens is 413 g/mol. The van der Waals surface area contributed by atoms with Gasteiger partial charge in [0, 0.05) is 37.6 Å². The maximum atomic E-state index is 12.9. The number of rotatable bonds is 4. The number of hydrogen-bond donors (Lipinski definition) is 1. The van der Waals surface area contributed by atoms with Crippen LogP contribution in [-0.2, 0) is 4.79 Å². The number of imide groups is 1. The molecule has 1 atom stereocenters. The van der Waals surface area contributed by atoms with Gasteiger partial charge in [-0.05, 0) is 23.8 Å². The molecule has 4 rings (SSSR count). The van der Waals surface area contributed by atoms with Crippen LogP contribution >= 0.6 is 24.0 Å². The molecule has 0 bridgehead atoms. The predicted octanol–water partition coefficient (Wildman–Crippen LogP) is 2.92. The van der Waals surface area contributed by atoms with E-state index >= 15 is 0 Å². The molecule has 152 valence electrons. The lowest BCUT2D eigenvalue weighted by molar-refractivity contribution is -0.134. The molecule has 2 aromatic rings. The highest BCUT2D eigenvalue weighted by Crippen LogP contribution is 2.29. The van der Waals surface area contributed by atoms with E-state index in [2.05, 4.69) is 5.32 Å². The van der Waals surface area contributed by atoms with Gasteiger partial charge in [-0.25, -0.2) is 0 Å². The summed E-state index contributed by atoms with van der Waals surface area (Å²) in [6.07, 6.45) is 0.0897. The number of hydrogen-bond acceptors (Lipinski definition) is 4. The van der Waals surface area contributed by atoms with Gasteiger partial charge in [0.15, 0.2) is 0 Å². The van der Waals surface area contributed by atoms with Crippen molar-refractivity contribution in [1.29, 1.82) is 0 Å². The van der Waals surface area contributed by atoms with Crippen LogP contribution in [-0.4, -0.2) is 53.7 Å². The number of nitrogens with one attached hydrogen (secondary N) is 1. The smallest absolute Gasteiger partial charge is 0.261 e. The molecule has 2 heterocycles. The highest BCUT2D eigenvalue weighted by atomic mass is 35.5. The molecule has 2 aliphatic rings. The average molecular weight is 434 g/mol. The van der Waals surface area contributed by atoms with Crippen molar-refractivity contribution in [3.05, 3.63) is 70.2 Å². The average Bonchev–Trinajstić information content (AvgIpc) is 2.97. The third kappa shape index (κ3) is 4.01. The van der Waals surface area contributed by atoms with Gasteiger partial charge in [-0.1, -0.05) is 41.9 Å². The van der Waals surface area contributed by atoms with Crippen LogP contribution in [0.4, 0.5) is 0 Å². The summed E-state index contributed by atoms with van der Waals surface area (Å²) in [5.74, 6) is -0.768. The molecule has 2 aliphatic heterocycles. The number of amides is 3. The minimum absolute atomic E-state index is 0. The summed E-state index contributed by atoms with van der Waals surface area (Å²) in [6.45, 7) is 1.93. The van der Waals surface area contributed by atoms with Gasteiger partial charge < -0.3 is 10.2 Å². The molecule has 8 heteroatoms. The Morgan fingerprint density at radius 3 is 2.31 bits per heavy atom. The monoisotopic (exact) mass is 433 g/mol. The minimum Gasteiger partial charge on any atom is -0.333 e. The summed E-state index contributed by atoms with van der Waals surface area (Å²) < 4.78 is 0. The summed E-state index contributed by atoms with van der Waals surface area (Å²) >= 11 is 6.33. The number of carbonyl (C=O) groups excluding carboxylic acids is 3. The second-order valence-corrected chi connectivity index (χ2v) is 7.29. The highest BCUT2D eigenvalue weighted by Gasteiger charge is 2.36. The van der Waals surface area contributed by atoms with Crippen molar-refractivity contribution in [2.75, 3.05) is 26.2 Å². The van der Waals surface area contributed by atoms with E-state index in [9.17, 15) is 14.4 Å². The second-order valence-electron chi connectivity index (χ2n) is 6.89. The predicted molar refractivity (Wildman–Crippen MR) is 112 cm³/mol. The molecule has 2 aromatic carbocycles. The van der Waals surface area contributed by atoms with Crippen molar-refractivity contribution >= 4 is 41.7 Å². The fourth-order valence-corrected chi connectivity index (χ4v) is 4.08. The third-order valence-corrected chi connectivity index (χ3v) is 5.60. The van der Waals surface area contributed by atoms with Crippen LogP contribution in [0.3, 0.4) is 0 Å². The molecule has 1 saturated heterocycles. The largest absolute Gasteiger partial charge is 0.333 e. The van der Waals surface area contributed by atoms with Crippen LogP contribution < -0.4 is 5.32 Å². The first kappa shape index (κ1) is 21.3. The zero-order chi connectivity index (χ0) is 19.7. The second kappa shape index (κ2) is 8.95. The topological polar surface area (TPSA) is 69.7 Å². The summed E-state index contributed by atoms with van der Waals surface area (Å²) in [4.78, 5) is 40.8. The number of nitrogens with zero attached hydrogens (tertiary/aromatic N) is 2. The van der Waals surface area contributed by atoms with E-state index in [0.29, 0.717) is 35.8 Å². The van der Waals surface area contributed by atoms with Gasteiger partial charge >= 0.3 is 0 Å². The van der Waals surface area contributed by atoms with Crippen molar-refractivity contribution in [3.63, 3.8) is 0 Å². The number of carbonyl (C=O) groups is 3. The standard InChI is InChI=1S/C21H20ClN3O3.ClH/c22-17-8-4-3-7-16(17)18-13-23-10-12-24(18)19(26)9-11-25-20(27)14-5-1-2-6-15(14)21(25)28;/h1-8,18,23H,9-13H2;1H. The Kier molecular flexibility index (Phi) is 6.57. The first-order chi connectivity index (χ1) is 13.6. The van der Waals surface area contributed by atoms with Gasteiger partial charge in [0.05, 0.1) is 17.2 Å². The quantitative estimate of drug-likeness (QED) is 0.752. The Morgan fingerprint density at radius 2 is 1.66 bits per heavy atom.